The van der Waals surface area contributed by atoms with Gasteiger partial charge < -0.3 is 9.80 Å². The second kappa shape index (κ2) is 9.13. The molecule has 160 valence electrons. The second-order valence-electron chi connectivity index (χ2n) is 6.28. The van der Waals surface area contributed by atoms with Crippen LogP contribution in [0, 0.1) is 23.3 Å². The lowest BCUT2D eigenvalue weighted by Gasteiger charge is -2.37. The molecule has 1 amide bonds. The summed E-state index contributed by atoms with van der Waals surface area (Å²) in [7, 11) is 0. The average molecular weight is 501 g/mol. The number of carbonyl (C=O) groups excluding carboxylic acids is 1. The Balaban J connectivity index is 1.66. The van der Waals surface area contributed by atoms with E-state index in [0.29, 0.717) is 5.02 Å². The highest BCUT2D eigenvalue weighted by Crippen LogP contribution is 2.34. The molecule has 1 aliphatic heterocycles. The van der Waals surface area contributed by atoms with Crippen LogP contribution >= 0.6 is 47.0 Å². The van der Waals surface area contributed by atoms with E-state index in [9.17, 15) is 22.4 Å². The highest BCUT2D eigenvalue weighted by molar-refractivity contribution is 7.80. The third-order valence-corrected chi connectivity index (χ3v) is 5.90. The van der Waals surface area contributed by atoms with Crippen LogP contribution in [0.25, 0.3) is 0 Å². The van der Waals surface area contributed by atoms with Crippen LogP contribution in [0.2, 0.25) is 15.1 Å². The third-order valence-electron chi connectivity index (χ3n) is 4.47. The van der Waals surface area contributed by atoms with Crippen LogP contribution in [0.4, 0.5) is 23.2 Å². The van der Waals surface area contributed by atoms with Gasteiger partial charge in [0.15, 0.2) is 28.4 Å². The van der Waals surface area contributed by atoms with E-state index in [-0.39, 0.29) is 41.9 Å². The van der Waals surface area contributed by atoms with Crippen molar-refractivity contribution >= 4 is 63.7 Å². The summed E-state index contributed by atoms with van der Waals surface area (Å²) in [5.41, 5.74) is -0.596. The van der Waals surface area contributed by atoms with E-state index in [4.69, 9.17) is 47.0 Å². The Morgan fingerprint density at radius 3 is 2.00 bits per heavy atom. The van der Waals surface area contributed by atoms with Gasteiger partial charge >= 0.3 is 0 Å². The molecular weight excluding hydrogens is 489 g/mol. The minimum atomic E-state index is -1.66. The number of anilines is 1. The normalized spacial score (nSPS) is 14.1. The molecule has 4 nitrogen and oxygen atoms in total. The molecule has 0 unspecified atom stereocenters. The van der Waals surface area contributed by atoms with Crippen molar-refractivity contribution in [3.8, 4) is 0 Å². The number of hydrogen-bond acceptors (Lipinski definition) is 3. The number of thiocarbonyl (C=S) groups is 1. The molecule has 12 heteroatoms. The van der Waals surface area contributed by atoms with E-state index >= 15 is 0 Å². The summed E-state index contributed by atoms with van der Waals surface area (Å²) in [6.07, 6.45) is 0. The largest absolute Gasteiger partial charge is 0.363 e. The summed E-state index contributed by atoms with van der Waals surface area (Å²) in [4.78, 5) is 15.0. The van der Waals surface area contributed by atoms with Crippen molar-refractivity contribution in [3.63, 3.8) is 0 Å². The predicted molar refractivity (Wildman–Crippen MR) is 112 cm³/mol. The summed E-state index contributed by atoms with van der Waals surface area (Å²) in [5, 5.41) is 1.87. The second-order valence-corrected chi connectivity index (χ2v) is 7.86. The summed E-state index contributed by atoms with van der Waals surface area (Å²) >= 11 is 22.2. The summed E-state index contributed by atoms with van der Waals surface area (Å²) < 4.78 is 55.7. The fraction of sp³-hybridized carbons (Fsp3) is 0.222. The van der Waals surface area contributed by atoms with Gasteiger partial charge in [-0.3, -0.25) is 10.1 Å². The lowest BCUT2D eigenvalue weighted by molar-refractivity contribution is 0.0973. The van der Waals surface area contributed by atoms with Gasteiger partial charge in [-0.15, -0.1) is 0 Å². The van der Waals surface area contributed by atoms with Crippen LogP contribution in [0.3, 0.4) is 0 Å². The minimum absolute atomic E-state index is 0.00284. The first kappa shape index (κ1) is 22.9. The number of piperazine rings is 1. The van der Waals surface area contributed by atoms with Crippen LogP contribution in [0.15, 0.2) is 18.2 Å². The molecule has 2 aromatic carbocycles. The number of carbonyl (C=O) groups is 1. The number of nitrogens with zero attached hydrogens (tertiary/aromatic N) is 2. The Morgan fingerprint density at radius 2 is 1.47 bits per heavy atom. The fourth-order valence-corrected chi connectivity index (χ4v) is 3.63. The Hall–Kier alpha value is -1.81. The smallest absolute Gasteiger partial charge is 0.257 e. The van der Waals surface area contributed by atoms with Gasteiger partial charge in [0.1, 0.15) is 10.7 Å². The van der Waals surface area contributed by atoms with Gasteiger partial charge in [-0.1, -0.05) is 34.8 Å². The first-order valence-corrected chi connectivity index (χ1v) is 9.97. The topological polar surface area (TPSA) is 35.6 Å². The van der Waals surface area contributed by atoms with Crippen LogP contribution in [0.5, 0.6) is 0 Å². The van der Waals surface area contributed by atoms with E-state index in [1.54, 1.807) is 4.90 Å². The van der Waals surface area contributed by atoms with E-state index in [2.05, 4.69) is 5.32 Å². The van der Waals surface area contributed by atoms with Crippen molar-refractivity contribution in [1.82, 2.24) is 10.2 Å². The van der Waals surface area contributed by atoms with Gasteiger partial charge in [-0.2, -0.15) is 0 Å². The van der Waals surface area contributed by atoms with Crippen molar-refractivity contribution in [2.45, 2.75) is 0 Å². The zero-order chi connectivity index (χ0) is 22.2. The van der Waals surface area contributed by atoms with Crippen molar-refractivity contribution in [2.24, 2.45) is 0 Å². The van der Waals surface area contributed by atoms with Gasteiger partial charge in [-0.05, 0) is 30.4 Å². The van der Waals surface area contributed by atoms with Crippen LogP contribution in [-0.4, -0.2) is 42.1 Å². The van der Waals surface area contributed by atoms with Crippen molar-refractivity contribution in [2.75, 3.05) is 31.1 Å². The molecule has 0 bridgehead atoms. The summed E-state index contributed by atoms with van der Waals surface area (Å²) in [5.74, 6) is -6.96. The lowest BCUT2D eigenvalue weighted by atomic mass is 10.2. The Kier molecular flexibility index (Phi) is 6.96. The number of nitrogens with one attached hydrogen (secondary N) is 1. The Labute approximate surface area is 189 Å². The van der Waals surface area contributed by atoms with E-state index in [0.717, 1.165) is 4.90 Å². The number of halogens is 7. The molecule has 30 heavy (non-hydrogen) atoms. The highest BCUT2D eigenvalue weighted by Gasteiger charge is 2.30. The highest BCUT2D eigenvalue weighted by atomic mass is 35.5. The van der Waals surface area contributed by atoms with E-state index in [1.807, 2.05) is 0 Å². The van der Waals surface area contributed by atoms with Gasteiger partial charge in [0, 0.05) is 31.7 Å². The molecule has 3 rings (SSSR count). The molecule has 0 radical (unpaired) electrons. The number of benzene rings is 2. The summed E-state index contributed by atoms with van der Waals surface area (Å²) in [6, 6.07) is 4.32. The molecule has 0 saturated carbocycles. The first-order valence-electron chi connectivity index (χ1n) is 8.43. The van der Waals surface area contributed by atoms with Gasteiger partial charge in [0.05, 0.1) is 10.0 Å². The predicted octanol–water partition coefficient (Wildman–Crippen LogP) is 5.04. The third kappa shape index (κ3) is 4.44. The standard InChI is InChI=1S/C18H12Cl3F4N3OS/c19-9-2-1-8(7-10(9)20)17(29)26-18(30)28-5-3-27(4-6-28)16-14(24)12(22)11(21)13(23)15(16)25/h1-2,7H,3-6H2,(H,26,29,30). The Morgan fingerprint density at radius 1 is 0.900 bits per heavy atom. The molecular formula is C18H12Cl3F4N3OS. The zero-order valence-electron chi connectivity index (χ0n) is 14.9. The van der Waals surface area contributed by atoms with Crippen molar-refractivity contribution in [3.05, 3.63) is 62.1 Å². The molecule has 1 N–H and O–H groups in total. The molecule has 2 aromatic rings. The average Bonchev–Trinajstić information content (AvgIpc) is 2.73. The number of amides is 1. The maximum Gasteiger partial charge on any atom is 0.257 e. The minimum Gasteiger partial charge on any atom is -0.363 e. The lowest BCUT2D eigenvalue weighted by Crippen LogP contribution is -2.53. The molecule has 0 aliphatic carbocycles. The molecule has 0 atom stereocenters. The van der Waals surface area contributed by atoms with E-state index in [1.165, 1.54) is 18.2 Å². The molecule has 1 saturated heterocycles. The molecule has 1 fully saturated rings. The quantitative estimate of drug-likeness (QED) is 0.271. The maximum atomic E-state index is 14.1. The monoisotopic (exact) mass is 499 g/mol. The number of rotatable bonds is 2. The van der Waals surface area contributed by atoms with Gasteiger partial charge in [0.2, 0.25) is 0 Å². The molecule has 1 heterocycles. The van der Waals surface area contributed by atoms with Crippen LogP contribution in [-0.2, 0) is 0 Å². The fourth-order valence-electron chi connectivity index (χ4n) is 2.89. The molecule has 0 aromatic heterocycles. The summed E-state index contributed by atoms with van der Waals surface area (Å²) in [6.45, 7) is 0.282. The molecule has 1 aliphatic rings. The van der Waals surface area contributed by atoms with Crippen molar-refractivity contribution in [1.29, 1.82) is 0 Å². The molecule has 0 spiro atoms. The van der Waals surface area contributed by atoms with Gasteiger partial charge in [0.25, 0.3) is 5.91 Å². The zero-order valence-corrected chi connectivity index (χ0v) is 18.0. The van der Waals surface area contributed by atoms with Gasteiger partial charge in [-0.25, -0.2) is 17.6 Å². The first-order chi connectivity index (χ1) is 14.1. The maximum absolute atomic E-state index is 14.1. The van der Waals surface area contributed by atoms with Crippen LogP contribution < -0.4 is 10.2 Å². The van der Waals surface area contributed by atoms with Crippen LogP contribution in [0.1, 0.15) is 10.4 Å². The SMILES string of the molecule is O=C(NC(=S)N1CCN(c2c(F)c(F)c(Cl)c(F)c2F)CC1)c1ccc(Cl)c(Cl)c1. The Bertz CT molecular complexity index is 1000. The number of hydrogen-bond donors (Lipinski definition) is 1. The van der Waals surface area contributed by atoms with Crippen molar-refractivity contribution < 1.29 is 22.4 Å². The van der Waals surface area contributed by atoms with E-state index < -0.39 is 39.9 Å².